The summed E-state index contributed by atoms with van der Waals surface area (Å²) in [7, 11) is 0. The number of Topliss-reactive ketones (excluding diaryl/α,β-unsaturated/α-hetero) is 1. The van der Waals surface area contributed by atoms with Crippen LogP contribution in [0, 0.1) is 6.42 Å². The first kappa shape index (κ1) is 22.6. The predicted molar refractivity (Wildman–Crippen MR) is 101 cm³/mol. The van der Waals surface area contributed by atoms with Gasteiger partial charge < -0.3 is 5.11 Å². The third kappa shape index (κ3) is 17.8. The molecule has 2 heteroatoms. The molecule has 0 rings (SSSR count). The summed E-state index contributed by atoms with van der Waals surface area (Å²) in [4.78, 5) is 11.6. The van der Waals surface area contributed by atoms with E-state index < -0.39 is 6.10 Å². The van der Waals surface area contributed by atoms with Gasteiger partial charge in [0.25, 0.3) is 0 Å². The molecule has 0 aliphatic carbocycles. The summed E-state index contributed by atoms with van der Waals surface area (Å²) >= 11 is 0. The summed E-state index contributed by atoms with van der Waals surface area (Å²) in [5.41, 5.74) is 0. The standard InChI is InChI=1S/C21H41O2/c1-3-5-7-8-9-10-11-12-13-14-16-18-21(23)19-20(22)17-15-6-4-2/h17,21,23H,3-16,18-19H2,1-2H3. The molecule has 0 spiro atoms. The maximum atomic E-state index is 11.6. The summed E-state index contributed by atoms with van der Waals surface area (Å²) in [5.74, 6) is 0.119. The van der Waals surface area contributed by atoms with Crippen LogP contribution in [-0.4, -0.2) is 17.0 Å². The molecule has 0 aliphatic heterocycles. The van der Waals surface area contributed by atoms with Crippen molar-refractivity contribution in [2.45, 2.75) is 123 Å². The highest BCUT2D eigenvalue weighted by atomic mass is 16.3. The summed E-state index contributed by atoms with van der Waals surface area (Å²) in [6, 6.07) is 0. The van der Waals surface area contributed by atoms with Gasteiger partial charge in [0.05, 0.1) is 6.10 Å². The second-order valence-electron chi connectivity index (χ2n) is 6.99. The van der Waals surface area contributed by atoms with E-state index in [1.165, 1.54) is 64.2 Å². The second-order valence-corrected chi connectivity index (χ2v) is 6.99. The minimum atomic E-state index is -0.432. The van der Waals surface area contributed by atoms with Crippen LogP contribution < -0.4 is 0 Å². The molecule has 0 bridgehead atoms. The lowest BCUT2D eigenvalue weighted by atomic mass is 10.0. The van der Waals surface area contributed by atoms with E-state index >= 15 is 0 Å². The van der Waals surface area contributed by atoms with Crippen LogP contribution in [0.5, 0.6) is 0 Å². The maximum absolute atomic E-state index is 11.6. The quantitative estimate of drug-likeness (QED) is 0.296. The van der Waals surface area contributed by atoms with Crippen molar-refractivity contribution in [2.24, 2.45) is 0 Å². The predicted octanol–water partition coefficient (Wildman–Crippen LogP) is 6.40. The van der Waals surface area contributed by atoms with Crippen molar-refractivity contribution >= 4 is 5.78 Å². The Kier molecular flexibility index (Phi) is 17.7. The van der Waals surface area contributed by atoms with E-state index in [1.54, 1.807) is 6.42 Å². The van der Waals surface area contributed by atoms with Gasteiger partial charge in [-0.2, -0.15) is 0 Å². The van der Waals surface area contributed by atoms with Gasteiger partial charge in [0.2, 0.25) is 0 Å². The summed E-state index contributed by atoms with van der Waals surface area (Å²) < 4.78 is 0. The van der Waals surface area contributed by atoms with Crippen LogP contribution in [0.15, 0.2) is 0 Å². The average Bonchev–Trinajstić information content (AvgIpc) is 2.52. The molecule has 1 atom stereocenters. The van der Waals surface area contributed by atoms with Gasteiger partial charge in [0.1, 0.15) is 5.78 Å². The van der Waals surface area contributed by atoms with Crippen LogP contribution in [0.3, 0.4) is 0 Å². The highest BCUT2D eigenvalue weighted by Crippen LogP contribution is 2.13. The van der Waals surface area contributed by atoms with Crippen LogP contribution >= 0.6 is 0 Å². The average molecular weight is 326 g/mol. The molecule has 1 radical (unpaired) electrons. The number of unbranched alkanes of at least 4 members (excludes halogenated alkanes) is 12. The number of aliphatic hydroxyl groups is 1. The van der Waals surface area contributed by atoms with E-state index in [4.69, 9.17) is 0 Å². The number of hydrogen-bond donors (Lipinski definition) is 1. The van der Waals surface area contributed by atoms with Gasteiger partial charge in [-0.05, 0) is 12.8 Å². The molecular weight excluding hydrogens is 284 g/mol. The van der Waals surface area contributed by atoms with E-state index in [1.807, 2.05) is 0 Å². The Morgan fingerprint density at radius 2 is 1.26 bits per heavy atom. The van der Waals surface area contributed by atoms with Crippen molar-refractivity contribution in [3.05, 3.63) is 6.42 Å². The van der Waals surface area contributed by atoms with Crippen molar-refractivity contribution in [1.29, 1.82) is 0 Å². The number of hydrogen-bond acceptors (Lipinski definition) is 2. The van der Waals surface area contributed by atoms with Gasteiger partial charge in [0.15, 0.2) is 0 Å². The topological polar surface area (TPSA) is 37.3 Å². The van der Waals surface area contributed by atoms with E-state index in [0.717, 1.165) is 32.1 Å². The molecular formula is C21H41O2. The molecule has 0 aliphatic rings. The largest absolute Gasteiger partial charge is 0.393 e. The number of ketones is 1. The smallest absolute Gasteiger partial charge is 0.139 e. The molecule has 0 saturated carbocycles. The lowest BCUT2D eigenvalue weighted by molar-refractivity contribution is -0.118. The van der Waals surface area contributed by atoms with Crippen molar-refractivity contribution in [1.82, 2.24) is 0 Å². The zero-order valence-corrected chi connectivity index (χ0v) is 15.8. The maximum Gasteiger partial charge on any atom is 0.139 e. The first-order valence-electron chi connectivity index (χ1n) is 10.2. The molecule has 137 valence electrons. The normalized spacial score (nSPS) is 12.5. The SMILES string of the molecule is CCCC[CH]C(=O)CC(O)CCCCCCCCCCCCC. The molecule has 0 heterocycles. The number of carbonyl (C=O) groups is 1. The monoisotopic (exact) mass is 325 g/mol. The summed E-state index contributed by atoms with van der Waals surface area (Å²) in [5, 5.41) is 9.88. The lowest BCUT2D eigenvalue weighted by Gasteiger charge is -2.09. The molecule has 23 heavy (non-hydrogen) atoms. The summed E-state index contributed by atoms with van der Waals surface area (Å²) in [6.45, 7) is 4.39. The first-order valence-corrected chi connectivity index (χ1v) is 10.2. The minimum absolute atomic E-state index is 0.119. The van der Waals surface area contributed by atoms with Crippen LogP contribution in [0.25, 0.3) is 0 Å². The Labute approximate surface area is 145 Å². The van der Waals surface area contributed by atoms with Crippen molar-refractivity contribution < 1.29 is 9.90 Å². The van der Waals surface area contributed by atoms with Crippen molar-refractivity contribution in [3.63, 3.8) is 0 Å². The first-order chi connectivity index (χ1) is 11.2. The van der Waals surface area contributed by atoms with Gasteiger partial charge in [-0.1, -0.05) is 97.3 Å². The van der Waals surface area contributed by atoms with Crippen molar-refractivity contribution in [3.8, 4) is 0 Å². The van der Waals surface area contributed by atoms with Crippen LogP contribution in [0.4, 0.5) is 0 Å². The van der Waals surface area contributed by atoms with E-state index in [2.05, 4.69) is 13.8 Å². The number of carbonyl (C=O) groups excluding carboxylic acids is 1. The Balaban J connectivity index is 3.25. The minimum Gasteiger partial charge on any atom is -0.393 e. The molecule has 0 fully saturated rings. The van der Waals surface area contributed by atoms with Crippen LogP contribution in [0.2, 0.25) is 0 Å². The van der Waals surface area contributed by atoms with Crippen LogP contribution in [0.1, 0.15) is 117 Å². The highest BCUT2D eigenvalue weighted by molar-refractivity contribution is 5.87. The molecule has 0 amide bonds. The fourth-order valence-corrected chi connectivity index (χ4v) is 2.93. The molecule has 2 nitrogen and oxygen atoms in total. The fourth-order valence-electron chi connectivity index (χ4n) is 2.93. The fraction of sp³-hybridized carbons (Fsp3) is 0.905. The third-order valence-corrected chi connectivity index (χ3v) is 4.51. The zero-order valence-electron chi connectivity index (χ0n) is 15.8. The van der Waals surface area contributed by atoms with Gasteiger partial charge in [-0.15, -0.1) is 0 Å². The second kappa shape index (κ2) is 18.0. The molecule has 0 aromatic rings. The van der Waals surface area contributed by atoms with E-state index in [0.29, 0.717) is 6.42 Å². The third-order valence-electron chi connectivity index (χ3n) is 4.51. The molecule has 1 N–H and O–H groups in total. The van der Waals surface area contributed by atoms with Crippen LogP contribution in [-0.2, 0) is 4.79 Å². The van der Waals surface area contributed by atoms with E-state index in [9.17, 15) is 9.90 Å². The van der Waals surface area contributed by atoms with E-state index in [-0.39, 0.29) is 5.78 Å². The molecule has 0 aromatic carbocycles. The number of rotatable bonds is 18. The Morgan fingerprint density at radius 1 is 0.783 bits per heavy atom. The van der Waals surface area contributed by atoms with Gasteiger partial charge >= 0.3 is 0 Å². The Bertz CT molecular complexity index is 250. The van der Waals surface area contributed by atoms with Crippen molar-refractivity contribution in [2.75, 3.05) is 0 Å². The van der Waals surface area contributed by atoms with Gasteiger partial charge in [-0.3, -0.25) is 4.79 Å². The molecule has 1 unspecified atom stereocenters. The molecule has 0 aromatic heterocycles. The Morgan fingerprint density at radius 3 is 1.78 bits per heavy atom. The highest BCUT2D eigenvalue weighted by Gasteiger charge is 2.10. The number of aliphatic hydroxyl groups excluding tert-OH is 1. The summed E-state index contributed by atoms with van der Waals surface area (Å²) in [6.07, 6.45) is 20.0. The van der Waals surface area contributed by atoms with Gasteiger partial charge in [-0.25, -0.2) is 0 Å². The Hall–Kier alpha value is -0.370. The van der Waals surface area contributed by atoms with Gasteiger partial charge in [0, 0.05) is 12.8 Å². The lowest BCUT2D eigenvalue weighted by Crippen LogP contribution is -2.13. The molecule has 0 saturated heterocycles. The zero-order chi connectivity index (χ0) is 17.2.